The van der Waals surface area contributed by atoms with Gasteiger partial charge in [-0.15, -0.1) is 0 Å². The Morgan fingerprint density at radius 3 is 2.53 bits per heavy atom. The van der Waals surface area contributed by atoms with Gasteiger partial charge in [0.05, 0.1) is 11.7 Å². The molecule has 34 heavy (non-hydrogen) atoms. The van der Waals surface area contributed by atoms with Crippen molar-refractivity contribution in [2.75, 3.05) is 23.9 Å². The molecule has 0 radical (unpaired) electrons. The van der Waals surface area contributed by atoms with Crippen molar-refractivity contribution in [3.8, 4) is 11.3 Å². The van der Waals surface area contributed by atoms with Crippen LogP contribution in [-0.2, 0) is 0 Å². The zero-order chi connectivity index (χ0) is 23.8. The Labute approximate surface area is 211 Å². The summed E-state index contributed by atoms with van der Waals surface area (Å²) in [5.41, 5.74) is 3.69. The second-order valence-corrected chi connectivity index (χ2v) is 9.47. The van der Waals surface area contributed by atoms with E-state index in [1.54, 1.807) is 12.3 Å². The minimum atomic E-state index is -0.310. The van der Waals surface area contributed by atoms with Gasteiger partial charge in [-0.05, 0) is 94.9 Å². The lowest BCUT2D eigenvalue weighted by Gasteiger charge is -2.26. The number of rotatable bonds is 5. The third kappa shape index (κ3) is 4.19. The van der Waals surface area contributed by atoms with Crippen LogP contribution in [0.4, 0.5) is 15.8 Å². The lowest BCUT2D eigenvalue weighted by atomic mass is 10.0. The number of anilines is 2. The number of nitrogens with zero attached hydrogens (tertiary/aromatic N) is 3. The Balaban J connectivity index is 1.58. The zero-order valence-corrected chi connectivity index (χ0v) is 21.0. The molecule has 2 aromatic heterocycles. The molecule has 1 aliphatic heterocycles. The summed E-state index contributed by atoms with van der Waals surface area (Å²) in [5, 5.41) is 4.03. The maximum Gasteiger partial charge on any atom is 0.174 e. The van der Waals surface area contributed by atoms with Crippen molar-refractivity contribution in [1.29, 1.82) is 0 Å². The van der Waals surface area contributed by atoms with E-state index in [0.29, 0.717) is 15.3 Å². The first-order valence-electron chi connectivity index (χ1n) is 10.8. The fourth-order valence-corrected chi connectivity index (χ4v) is 5.07. The quantitative estimate of drug-likeness (QED) is 0.294. The summed E-state index contributed by atoms with van der Waals surface area (Å²) >= 11 is 9.23. The average Bonchev–Trinajstić information content (AvgIpc) is 3.44. The molecule has 0 saturated carbocycles. The summed E-state index contributed by atoms with van der Waals surface area (Å²) in [6.07, 6.45) is 1.77. The van der Waals surface area contributed by atoms with Crippen molar-refractivity contribution in [2.24, 2.45) is 0 Å². The second-order valence-electron chi connectivity index (χ2n) is 8.23. The molecule has 2 unspecified atom stereocenters. The summed E-state index contributed by atoms with van der Waals surface area (Å²) in [7, 11) is 4.02. The number of hydrogen-bond donors (Lipinski definition) is 1. The first kappa shape index (κ1) is 22.6. The lowest BCUT2D eigenvalue weighted by Crippen LogP contribution is -2.29. The van der Waals surface area contributed by atoms with Gasteiger partial charge in [0.1, 0.15) is 23.4 Å². The number of aromatic nitrogens is 1. The van der Waals surface area contributed by atoms with Crippen LogP contribution in [0.5, 0.6) is 0 Å². The maximum absolute atomic E-state index is 13.6. The Bertz CT molecular complexity index is 1330. The highest BCUT2D eigenvalue weighted by Gasteiger charge is 2.42. The van der Waals surface area contributed by atoms with E-state index < -0.39 is 0 Å². The largest absolute Gasteiger partial charge is 0.459 e. The standard InChI is InChI=1S/C26H22BrFN4OS/c1-31(2)17-7-9-18(10-8-17)32-25(24(30-26(32)34)21-5-3-4-14-29-21)23-13-12-22(33-23)19-11-6-16(28)15-20(19)27/h3-15,24-25H,1-2H3,(H,30,34). The van der Waals surface area contributed by atoms with E-state index in [2.05, 4.69) is 60.3 Å². The van der Waals surface area contributed by atoms with E-state index in [-0.39, 0.29) is 17.9 Å². The topological polar surface area (TPSA) is 44.5 Å². The molecule has 1 N–H and O–H groups in total. The minimum absolute atomic E-state index is 0.210. The summed E-state index contributed by atoms with van der Waals surface area (Å²) in [6, 6.07) is 22.0. The highest BCUT2D eigenvalue weighted by molar-refractivity contribution is 9.10. The molecule has 2 atom stereocenters. The minimum Gasteiger partial charge on any atom is -0.459 e. The van der Waals surface area contributed by atoms with Gasteiger partial charge >= 0.3 is 0 Å². The third-order valence-electron chi connectivity index (χ3n) is 5.86. The monoisotopic (exact) mass is 536 g/mol. The lowest BCUT2D eigenvalue weighted by molar-refractivity contribution is 0.439. The second kappa shape index (κ2) is 9.19. The SMILES string of the molecule is CN(C)c1ccc(N2C(=S)NC(c3ccccn3)C2c2ccc(-c3ccc(F)cc3Br)o2)cc1. The molecule has 4 aromatic rings. The molecule has 8 heteroatoms. The van der Waals surface area contributed by atoms with Gasteiger partial charge in [0.25, 0.3) is 0 Å². The Hall–Kier alpha value is -3.23. The van der Waals surface area contributed by atoms with Gasteiger partial charge in [0.2, 0.25) is 0 Å². The fourth-order valence-electron chi connectivity index (χ4n) is 4.18. The predicted molar refractivity (Wildman–Crippen MR) is 141 cm³/mol. The van der Waals surface area contributed by atoms with E-state index in [9.17, 15) is 4.39 Å². The molecular weight excluding hydrogens is 515 g/mol. The van der Waals surface area contributed by atoms with Crippen molar-refractivity contribution in [1.82, 2.24) is 10.3 Å². The van der Waals surface area contributed by atoms with Gasteiger partial charge in [-0.1, -0.05) is 6.07 Å². The molecule has 0 amide bonds. The van der Waals surface area contributed by atoms with Crippen LogP contribution < -0.4 is 15.1 Å². The van der Waals surface area contributed by atoms with Crippen LogP contribution in [0.15, 0.2) is 87.9 Å². The van der Waals surface area contributed by atoms with Crippen LogP contribution in [0.2, 0.25) is 0 Å². The van der Waals surface area contributed by atoms with Crippen LogP contribution in [0.3, 0.4) is 0 Å². The highest BCUT2D eigenvalue weighted by atomic mass is 79.9. The molecule has 5 nitrogen and oxygen atoms in total. The number of hydrogen-bond acceptors (Lipinski definition) is 4. The van der Waals surface area contributed by atoms with Crippen LogP contribution >= 0.6 is 28.1 Å². The van der Waals surface area contributed by atoms with Crippen molar-refractivity contribution in [3.63, 3.8) is 0 Å². The van der Waals surface area contributed by atoms with Crippen LogP contribution in [0, 0.1) is 5.82 Å². The fraction of sp³-hybridized carbons (Fsp3) is 0.154. The van der Waals surface area contributed by atoms with E-state index in [0.717, 1.165) is 28.4 Å². The van der Waals surface area contributed by atoms with Crippen molar-refractivity contribution in [2.45, 2.75) is 12.1 Å². The first-order valence-corrected chi connectivity index (χ1v) is 12.0. The van der Waals surface area contributed by atoms with Gasteiger partial charge in [-0.25, -0.2) is 4.39 Å². The molecule has 5 rings (SSSR count). The molecule has 0 spiro atoms. The number of thiocarbonyl (C=S) groups is 1. The van der Waals surface area contributed by atoms with Gasteiger partial charge in [0, 0.05) is 41.7 Å². The number of pyridine rings is 1. The molecule has 1 saturated heterocycles. The number of nitrogens with one attached hydrogen (secondary N) is 1. The molecule has 3 heterocycles. The van der Waals surface area contributed by atoms with E-state index in [1.165, 1.54) is 12.1 Å². The summed E-state index contributed by atoms with van der Waals surface area (Å²) < 4.78 is 20.6. The highest BCUT2D eigenvalue weighted by Crippen LogP contribution is 2.43. The van der Waals surface area contributed by atoms with E-state index >= 15 is 0 Å². The summed E-state index contributed by atoms with van der Waals surface area (Å²) in [6.45, 7) is 0. The summed E-state index contributed by atoms with van der Waals surface area (Å²) in [4.78, 5) is 8.70. The van der Waals surface area contributed by atoms with Crippen molar-refractivity contribution >= 4 is 44.6 Å². The summed E-state index contributed by atoms with van der Waals surface area (Å²) in [5.74, 6) is 1.06. The molecule has 2 aromatic carbocycles. The number of benzene rings is 2. The van der Waals surface area contributed by atoms with Crippen molar-refractivity contribution < 1.29 is 8.81 Å². The van der Waals surface area contributed by atoms with Crippen LogP contribution in [0.1, 0.15) is 23.5 Å². The normalized spacial score (nSPS) is 17.6. The molecule has 0 aliphatic carbocycles. The van der Waals surface area contributed by atoms with E-state index in [4.69, 9.17) is 16.6 Å². The van der Waals surface area contributed by atoms with Gasteiger partial charge in [-0.3, -0.25) is 4.98 Å². The zero-order valence-electron chi connectivity index (χ0n) is 18.6. The number of halogens is 2. The predicted octanol–water partition coefficient (Wildman–Crippen LogP) is 6.49. The average molecular weight is 537 g/mol. The third-order valence-corrected chi connectivity index (χ3v) is 6.83. The van der Waals surface area contributed by atoms with Crippen molar-refractivity contribution in [3.05, 3.63) is 101 Å². The van der Waals surface area contributed by atoms with Gasteiger partial charge < -0.3 is 19.5 Å². The molecule has 1 fully saturated rings. The number of furan rings is 1. The van der Waals surface area contributed by atoms with Gasteiger partial charge in [0.15, 0.2) is 5.11 Å². The smallest absolute Gasteiger partial charge is 0.174 e. The van der Waals surface area contributed by atoms with Crippen LogP contribution in [0.25, 0.3) is 11.3 Å². The molecule has 1 aliphatic rings. The molecule has 172 valence electrons. The Kier molecular flexibility index (Phi) is 6.10. The maximum atomic E-state index is 13.6. The van der Waals surface area contributed by atoms with E-state index in [1.807, 2.05) is 44.4 Å². The van der Waals surface area contributed by atoms with Gasteiger partial charge in [-0.2, -0.15) is 0 Å². The van der Waals surface area contributed by atoms with Crippen LogP contribution in [-0.4, -0.2) is 24.2 Å². The molecular formula is C26H22BrFN4OS. The molecule has 0 bridgehead atoms. The Morgan fingerprint density at radius 1 is 1.06 bits per heavy atom. The first-order chi connectivity index (χ1) is 16.4. The Morgan fingerprint density at radius 2 is 1.85 bits per heavy atom.